The Morgan fingerprint density at radius 1 is 1.80 bits per heavy atom. The summed E-state index contributed by atoms with van der Waals surface area (Å²) in [5.74, 6) is -0.481. The Morgan fingerprint density at radius 2 is 2.47 bits per heavy atom. The number of hydrogen-bond donors (Lipinski definition) is 2. The van der Waals surface area contributed by atoms with Gasteiger partial charge in [0.1, 0.15) is 11.9 Å². The molecule has 1 atom stereocenters. The van der Waals surface area contributed by atoms with Crippen molar-refractivity contribution in [1.29, 1.82) is 0 Å². The second-order valence-corrected chi connectivity index (χ2v) is 4.34. The van der Waals surface area contributed by atoms with Gasteiger partial charge in [-0.2, -0.15) is 0 Å². The van der Waals surface area contributed by atoms with E-state index in [1.807, 2.05) is 7.05 Å². The lowest BCUT2D eigenvalue weighted by Gasteiger charge is -2.22. The van der Waals surface area contributed by atoms with Crippen LogP contribution in [-0.2, 0) is 11.8 Å². The standard InChI is InChI=1S/C8H14N4O2S/c1-8(9-2,6(13)14)4-15-7-11-10-5-12(7)3/h5,9H,4H2,1-3H3,(H,13,14). The molecule has 0 aliphatic rings. The Morgan fingerprint density at radius 3 is 2.87 bits per heavy atom. The van der Waals surface area contributed by atoms with Gasteiger partial charge in [0, 0.05) is 12.8 Å². The third-order valence-corrected chi connectivity index (χ3v) is 3.53. The lowest BCUT2D eigenvalue weighted by molar-refractivity contribution is -0.142. The molecule has 0 radical (unpaired) electrons. The molecule has 0 amide bonds. The minimum Gasteiger partial charge on any atom is -0.480 e. The van der Waals surface area contributed by atoms with Crippen molar-refractivity contribution in [2.45, 2.75) is 17.6 Å². The van der Waals surface area contributed by atoms with Gasteiger partial charge in [0.15, 0.2) is 5.16 Å². The SMILES string of the molecule is CNC(C)(CSc1nncn1C)C(=O)O. The molecular formula is C8H14N4O2S. The van der Waals surface area contributed by atoms with Crippen molar-refractivity contribution < 1.29 is 9.90 Å². The monoisotopic (exact) mass is 230 g/mol. The Bertz CT molecular complexity index is 354. The number of carbonyl (C=O) groups is 1. The zero-order chi connectivity index (χ0) is 11.5. The van der Waals surface area contributed by atoms with E-state index in [1.165, 1.54) is 11.8 Å². The van der Waals surface area contributed by atoms with Crippen LogP contribution in [-0.4, -0.2) is 44.2 Å². The normalized spacial score (nSPS) is 14.9. The second-order valence-electron chi connectivity index (χ2n) is 3.40. The molecule has 0 fully saturated rings. The highest BCUT2D eigenvalue weighted by atomic mass is 32.2. The van der Waals surface area contributed by atoms with Gasteiger partial charge in [0.25, 0.3) is 0 Å². The fraction of sp³-hybridized carbons (Fsp3) is 0.625. The van der Waals surface area contributed by atoms with Crippen molar-refractivity contribution in [1.82, 2.24) is 20.1 Å². The van der Waals surface area contributed by atoms with Gasteiger partial charge in [-0.1, -0.05) is 11.8 Å². The van der Waals surface area contributed by atoms with Crippen LogP contribution in [0.2, 0.25) is 0 Å². The molecule has 1 unspecified atom stereocenters. The van der Waals surface area contributed by atoms with Crippen LogP contribution < -0.4 is 5.32 Å². The third kappa shape index (κ3) is 2.69. The molecule has 1 aromatic rings. The predicted octanol–water partition coefficient (Wildman–Crippen LogP) is -0.0301. The van der Waals surface area contributed by atoms with Crippen molar-refractivity contribution in [2.24, 2.45) is 7.05 Å². The number of hydrogen-bond acceptors (Lipinski definition) is 5. The molecule has 0 saturated heterocycles. The van der Waals surface area contributed by atoms with Crippen LogP contribution in [0.25, 0.3) is 0 Å². The summed E-state index contributed by atoms with van der Waals surface area (Å²) < 4.78 is 1.75. The number of nitrogens with zero attached hydrogens (tertiary/aromatic N) is 3. The Kier molecular flexibility index (Phi) is 3.70. The highest BCUT2D eigenvalue weighted by molar-refractivity contribution is 7.99. The van der Waals surface area contributed by atoms with Crippen molar-refractivity contribution in [3.8, 4) is 0 Å². The van der Waals surface area contributed by atoms with E-state index in [2.05, 4.69) is 15.5 Å². The summed E-state index contributed by atoms with van der Waals surface area (Å²) in [5.41, 5.74) is -0.948. The first-order chi connectivity index (χ1) is 6.99. The zero-order valence-electron chi connectivity index (χ0n) is 8.89. The van der Waals surface area contributed by atoms with Gasteiger partial charge in [-0.05, 0) is 14.0 Å². The minimum absolute atomic E-state index is 0.394. The molecule has 1 heterocycles. The summed E-state index contributed by atoms with van der Waals surface area (Å²) in [4.78, 5) is 11.0. The maximum Gasteiger partial charge on any atom is 0.324 e. The number of aromatic nitrogens is 3. The first kappa shape index (κ1) is 12.0. The van der Waals surface area contributed by atoms with Crippen LogP contribution in [0.1, 0.15) is 6.92 Å². The fourth-order valence-electron chi connectivity index (χ4n) is 0.853. The van der Waals surface area contributed by atoms with Gasteiger partial charge in [-0.25, -0.2) is 0 Å². The maximum atomic E-state index is 11.0. The van der Waals surface area contributed by atoms with E-state index in [-0.39, 0.29) is 0 Å². The Balaban J connectivity index is 2.63. The molecule has 7 heteroatoms. The number of aliphatic carboxylic acids is 1. The first-order valence-electron chi connectivity index (χ1n) is 4.38. The van der Waals surface area contributed by atoms with Crippen molar-refractivity contribution in [3.05, 3.63) is 6.33 Å². The molecule has 84 valence electrons. The quantitative estimate of drug-likeness (QED) is 0.691. The predicted molar refractivity (Wildman–Crippen MR) is 56.8 cm³/mol. The molecule has 0 bridgehead atoms. The van der Waals surface area contributed by atoms with Crippen LogP contribution in [0.3, 0.4) is 0 Å². The van der Waals surface area contributed by atoms with Crippen LogP contribution in [0.5, 0.6) is 0 Å². The fourth-order valence-corrected chi connectivity index (χ4v) is 1.89. The summed E-state index contributed by atoms with van der Waals surface area (Å²) >= 11 is 1.36. The van der Waals surface area contributed by atoms with E-state index in [0.717, 1.165) is 0 Å². The van der Waals surface area contributed by atoms with E-state index in [9.17, 15) is 4.79 Å². The molecule has 0 saturated carbocycles. The summed E-state index contributed by atoms with van der Waals surface area (Å²) in [6.07, 6.45) is 1.58. The largest absolute Gasteiger partial charge is 0.480 e. The Labute approximate surface area is 92.1 Å². The van der Waals surface area contributed by atoms with Crippen LogP contribution in [0.15, 0.2) is 11.5 Å². The first-order valence-corrected chi connectivity index (χ1v) is 5.37. The number of carboxylic acid groups (broad SMARTS) is 1. The number of likely N-dealkylation sites (N-methyl/N-ethyl adjacent to an activating group) is 1. The lowest BCUT2D eigenvalue weighted by Crippen LogP contribution is -2.49. The number of aryl methyl sites for hydroxylation is 1. The van der Waals surface area contributed by atoms with Crippen molar-refractivity contribution in [2.75, 3.05) is 12.8 Å². The van der Waals surface area contributed by atoms with E-state index in [4.69, 9.17) is 5.11 Å². The van der Waals surface area contributed by atoms with Crippen LogP contribution >= 0.6 is 11.8 Å². The summed E-state index contributed by atoms with van der Waals surface area (Å²) in [6.45, 7) is 1.64. The molecule has 15 heavy (non-hydrogen) atoms. The van der Waals surface area contributed by atoms with E-state index >= 15 is 0 Å². The van der Waals surface area contributed by atoms with Crippen molar-refractivity contribution >= 4 is 17.7 Å². The van der Waals surface area contributed by atoms with Gasteiger partial charge >= 0.3 is 5.97 Å². The number of thioether (sulfide) groups is 1. The van der Waals surface area contributed by atoms with E-state index in [0.29, 0.717) is 10.9 Å². The molecule has 0 aliphatic carbocycles. The average molecular weight is 230 g/mol. The van der Waals surface area contributed by atoms with E-state index in [1.54, 1.807) is 24.9 Å². The number of carboxylic acids is 1. The molecule has 0 aliphatic heterocycles. The highest BCUT2D eigenvalue weighted by Crippen LogP contribution is 2.19. The summed E-state index contributed by atoms with van der Waals surface area (Å²) in [7, 11) is 3.45. The highest BCUT2D eigenvalue weighted by Gasteiger charge is 2.31. The molecule has 2 N–H and O–H groups in total. The minimum atomic E-state index is -0.948. The number of nitrogens with one attached hydrogen (secondary N) is 1. The zero-order valence-corrected chi connectivity index (χ0v) is 9.71. The van der Waals surface area contributed by atoms with E-state index < -0.39 is 11.5 Å². The third-order valence-electron chi connectivity index (χ3n) is 2.18. The van der Waals surface area contributed by atoms with Crippen LogP contribution in [0, 0.1) is 0 Å². The summed E-state index contributed by atoms with van der Waals surface area (Å²) in [6, 6.07) is 0. The molecule has 1 aromatic heterocycles. The smallest absolute Gasteiger partial charge is 0.324 e. The maximum absolute atomic E-state index is 11.0. The molecule has 0 aromatic carbocycles. The lowest BCUT2D eigenvalue weighted by atomic mass is 10.1. The van der Waals surface area contributed by atoms with Gasteiger partial charge in [-0.15, -0.1) is 10.2 Å². The van der Waals surface area contributed by atoms with Gasteiger partial charge < -0.3 is 15.0 Å². The Hall–Kier alpha value is -1.08. The van der Waals surface area contributed by atoms with Gasteiger partial charge in [-0.3, -0.25) is 4.79 Å². The topological polar surface area (TPSA) is 80.0 Å². The number of rotatable bonds is 5. The molecule has 0 spiro atoms. The molecule has 6 nitrogen and oxygen atoms in total. The van der Waals surface area contributed by atoms with Crippen LogP contribution in [0.4, 0.5) is 0 Å². The molecule has 1 rings (SSSR count). The van der Waals surface area contributed by atoms with Crippen molar-refractivity contribution in [3.63, 3.8) is 0 Å². The van der Waals surface area contributed by atoms with Gasteiger partial charge in [0.2, 0.25) is 0 Å². The second kappa shape index (κ2) is 4.63. The average Bonchev–Trinajstić information content (AvgIpc) is 2.60. The molecular weight excluding hydrogens is 216 g/mol. The summed E-state index contributed by atoms with van der Waals surface area (Å²) in [5, 5.41) is 20.1. The van der Waals surface area contributed by atoms with Gasteiger partial charge in [0.05, 0.1) is 0 Å².